The molecule has 8 nitrogen and oxygen atoms in total. The molecule has 41 heavy (non-hydrogen) atoms. The molecule has 0 saturated carbocycles. The number of carbonyl (C=O) groups is 2. The molecule has 2 amide bonds. The number of hydrogen-bond donors (Lipinski definition) is 3. The summed E-state index contributed by atoms with van der Waals surface area (Å²) in [5, 5.41) is 15.7. The largest absolute Gasteiger partial charge is 0.480 e. The molecule has 0 aliphatic carbocycles. The number of amides is 2. The van der Waals surface area contributed by atoms with Gasteiger partial charge in [-0.15, -0.1) is 0 Å². The second kappa shape index (κ2) is 12.9. The topological polar surface area (TPSA) is 105 Å². The fourth-order valence-corrected chi connectivity index (χ4v) is 4.37. The van der Waals surface area contributed by atoms with E-state index in [4.69, 9.17) is 16.3 Å². The number of halogens is 4. The third kappa shape index (κ3) is 8.46. The molecule has 3 rings (SSSR count). The van der Waals surface area contributed by atoms with Crippen LogP contribution >= 0.6 is 11.6 Å². The van der Waals surface area contributed by atoms with Crippen molar-refractivity contribution in [1.29, 1.82) is 0 Å². The fourth-order valence-electron chi connectivity index (χ4n) is 4.14. The van der Waals surface area contributed by atoms with Gasteiger partial charge in [0.15, 0.2) is 6.10 Å². The predicted octanol–water partition coefficient (Wildman–Crippen LogP) is 5.26. The highest BCUT2D eigenvalue weighted by molar-refractivity contribution is 6.32. The Bertz CT molecular complexity index is 1370. The van der Waals surface area contributed by atoms with Gasteiger partial charge in [0.1, 0.15) is 17.2 Å². The van der Waals surface area contributed by atoms with Crippen molar-refractivity contribution < 1.29 is 32.6 Å². The average Bonchev–Trinajstić information content (AvgIpc) is 3.35. The molecule has 0 aliphatic rings. The highest BCUT2D eigenvalue weighted by Crippen LogP contribution is 2.31. The van der Waals surface area contributed by atoms with Gasteiger partial charge in [-0.1, -0.05) is 35.9 Å². The van der Waals surface area contributed by atoms with Crippen molar-refractivity contribution in [3.63, 3.8) is 0 Å². The lowest BCUT2D eigenvalue weighted by atomic mass is 10.0. The highest BCUT2D eigenvalue weighted by atomic mass is 35.5. The molecule has 0 aliphatic heterocycles. The molecular formula is C29H34ClF3N4O4. The summed E-state index contributed by atoms with van der Waals surface area (Å²) >= 11 is 6.09. The summed E-state index contributed by atoms with van der Waals surface area (Å²) in [5.41, 5.74) is 1.41. The average molecular weight is 595 g/mol. The van der Waals surface area contributed by atoms with Crippen molar-refractivity contribution in [1.82, 2.24) is 20.2 Å². The molecular weight excluding hydrogens is 561 g/mol. The van der Waals surface area contributed by atoms with Gasteiger partial charge in [-0.25, -0.2) is 4.98 Å². The van der Waals surface area contributed by atoms with E-state index in [0.29, 0.717) is 24.5 Å². The summed E-state index contributed by atoms with van der Waals surface area (Å²) < 4.78 is 45.3. The predicted molar refractivity (Wildman–Crippen MR) is 150 cm³/mol. The number of benzene rings is 2. The number of hydrogen-bond acceptors (Lipinski definition) is 5. The molecule has 0 radical (unpaired) electrons. The number of carbonyl (C=O) groups excluding carboxylic acids is 2. The summed E-state index contributed by atoms with van der Waals surface area (Å²) in [5.74, 6) is -0.466. The van der Waals surface area contributed by atoms with Crippen LogP contribution in [0.15, 0.2) is 48.7 Å². The molecule has 3 N–H and O–H groups in total. The molecule has 3 aromatic rings. The van der Waals surface area contributed by atoms with Crippen molar-refractivity contribution in [3.05, 3.63) is 70.6 Å². The van der Waals surface area contributed by atoms with Crippen molar-refractivity contribution >= 4 is 23.4 Å². The van der Waals surface area contributed by atoms with E-state index in [-0.39, 0.29) is 28.7 Å². The van der Waals surface area contributed by atoms with Gasteiger partial charge in [-0.2, -0.15) is 13.2 Å². The van der Waals surface area contributed by atoms with Gasteiger partial charge in [-0.05, 0) is 57.9 Å². The van der Waals surface area contributed by atoms with Gasteiger partial charge in [0.05, 0.1) is 10.7 Å². The second-order valence-corrected chi connectivity index (χ2v) is 10.6. The number of nitrogens with zero attached hydrogens (tertiary/aromatic N) is 2. The van der Waals surface area contributed by atoms with Gasteiger partial charge in [-0.3, -0.25) is 9.59 Å². The Labute approximate surface area is 241 Å². The lowest BCUT2D eigenvalue weighted by Gasteiger charge is -2.20. The Balaban J connectivity index is 1.75. The van der Waals surface area contributed by atoms with Crippen LogP contribution in [0.2, 0.25) is 5.02 Å². The first kappa shape index (κ1) is 32.0. The standard InChI is InChI=1S/C29H34ClF3N4O4/c1-6-37-16-23(36-27(37)28(3,4)40)19-9-7-18(8-10-19)13-21(15-25(38)34-5)35-26(39)20-11-12-24(22(30)14-20)41-17(2)29(31,32)33/h7-12,14,16-17,21,40H,6,13,15H2,1-5H3,(H,34,38)(H,35,39)/t17-,21+/m1/s1. The number of imidazole rings is 1. The van der Waals surface area contributed by atoms with Gasteiger partial charge in [0.25, 0.3) is 5.91 Å². The molecule has 222 valence electrons. The molecule has 0 spiro atoms. The molecule has 0 saturated heterocycles. The minimum Gasteiger partial charge on any atom is -0.480 e. The third-order valence-electron chi connectivity index (χ3n) is 6.40. The maximum absolute atomic E-state index is 13.0. The molecule has 0 unspecified atom stereocenters. The highest BCUT2D eigenvalue weighted by Gasteiger charge is 2.38. The van der Waals surface area contributed by atoms with Crippen LogP contribution < -0.4 is 15.4 Å². The third-order valence-corrected chi connectivity index (χ3v) is 6.70. The fraction of sp³-hybridized carbons (Fsp3) is 0.414. The summed E-state index contributed by atoms with van der Waals surface area (Å²) in [6, 6.07) is 10.6. The number of aryl methyl sites for hydroxylation is 1. The van der Waals surface area contributed by atoms with Crippen molar-refractivity contribution in [3.8, 4) is 17.0 Å². The van der Waals surface area contributed by atoms with Crippen LogP contribution in [0.25, 0.3) is 11.3 Å². The Hall–Kier alpha value is -3.57. The van der Waals surface area contributed by atoms with Crippen LogP contribution in [0.3, 0.4) is 0 Å². The smallest absolute Gasteiger partial charge is 0.425 e. The van der Waals surface area contributed by atoms with E-state index in [9.17, 15) is 27.9 Å². The number of nitrogens with one attached hydrogen (secondary N) is 2. The summed E-state index contributed by atoms with van der Waals surface area (Å²) in [7, 11) is 1.49. The molecule has 0 bridgehead atoms. The lowest BCUT2D eigenvalue weighted by molar-refractivity contribution is -0.189. The van der Waals surface area contributed by atoms with Crippen molar-refractivity contribution in [2.75, 3.05) is 7.05 Å². The quantitative estimate of drug-likeness (QED) is 0.281. The normalized spacial score (nSPS) is 13.4. The number of ether oxygens (including phenoxy) is 1. The zero-order valence-electron chi connectivity index (χ0n) is 23.5. The van der Waals surface area contributed by atoms with E-state index in [1.54, 1.807) is 13.8 Å². The van der Waals surface area contributed by atoms with Gasteiger partial charge in [0.2, 0.25) is 5.91 Å². The van der Waals surface area contributed by atoms with E-state index in [1.807, 2.05) is 42.0 Å². The Morgan fingerprint density at radius 3 is 2.32 bits per heavy atom. The summed E-state index contributed by atoms with van der Waals surface area (Å²) in [4.78, 5) is 29.8. The number of aliphatic hydroxyl groups is 1. The van der Waals surface area contributed by atoms with Crippen molar-refractivity contribution in [2.24, 2.45) is 0 Å². The lowest BCUT2D eigenvalue weighted by Crippen LogP contribution is -2.40. The Morgan fingerprint density at radius 2 is 1.80 bits per heavy atom. The van der Waals surface area contributed by atoms with Gasteiger partial charge < -0.3 is 25.0 Å². The maximum Gasteiger partial charge on any atom is 0.425 e. The maximum atomic E-state index is 13.0. The number of alkyl halides is 3. The zero-order valence-corrected chi connectivity index (χ0v) is 24.2. The minimum absolute atomic E-state index is 0.00212. The SMILES string of the molecule is CCn1cc(-c2ccc(C[C@@H](CC(=O)NC)NC(=O)c3ccc(O[C@H](C)C(F)(F)F)c(Cl)c3)cc2)nc1C(C)(C)O. The van der Waals surface area contributed by atoms with E-state index in [2.05, 4.69) is 15.6 Å². The van der Waals surface area contributed by atoms with Crippen LogP contribution in [0, 0.1) is 0 Å². The van der Waals surface area contributed by atoms with Crippen LogP contribution in [-0.4, -0.2) is 51.8 Å². The van der Waals surface area contributed by atoms with E-state index < -0.39 is 29.8 Å². The van der Waals surface area contributed by atoms with Gasteiger partial charge in [0, 0.05) is 43.4 Å². The molecule has 1 heterocycles. The van der Waals surface area contributed by atoms with E-state index >= 15 is 0 Å². The monoisotopic (exact) mass is 594 g/mol. The zero-order chi connectivity index (χ0) is 30.5. The Morgan fingerprint density at radius 1 is 1.15 bits per heavy atom. The first-order chi connectivity index (χ1) is 19.1. The van der Waals surface area contributed by atoms with Crippen molar-refractivity contribution in [2.45, 2.75) is 71.0 Å². The summed E-state index contributed by atoms with van der Waals surface area (Å²) in [6.45, 7) is 6.84. The molecule has 2 aromatic carbocycles. The molecule has 0 fully saturated rings. The molecule has 2 atom stereocenters. The first-order valence-electron chi connectivity index (χ1n) is 13.1. The van der Waals surface area contributed by atoms with Crippen LogP contribution in [0.5, 0.6) is 5.75 Å². The molecule has 12 heteroatoms. The van der Waals surface area contributed by atoms with Gasteiger partial charge >= 0.3 is 6.18 Å². The summed E-state index contributed by atoms with van der Waals surface area (Å²) in [6.07, 6.45) is -4.44. The number of rotatable bonds is 11. The second-order valence-electron chi connectivity index (χ2n) is 10.2. The number of aromatic nitrogens is 2. The first-order valence-corrected chi connectivity index (χ1v) is 13.4. The van der Waals surface area contributed by atoms with Crippen LogP contribution in [0.4, 0.5) is 13.2 Å². The van der Waals surface area contributed by atoms with Crippen LogP contribution in [-0.2, 0) is 23.4 Å². The Kier molecular flexibility index (Phi) is 10.1. The van der Waals surface area contributed by atoms with Crippen LogP contribution in [0.1, 0.15) is 55.9 Å². The van der Waals surface area contributed by atoms with E-state index in [1.165, 1.54) is 25.2 Å². The molecule has 1 aromatic heterocycles. The minimum atomic E-state index is -4.57. The van der Waals surface area contributed by atoms with E-state index in [0.717, 1.165) is 18.1 Å².